The molecule has 0 spiro atoms. The van der Waals surface area contributed by atoms with Crippen molar-refractivity contribution >= 4 is 28.1 Å². The summed E-state index contributed by atoms with van der Waals surface area (Å²) in [7, 11) is 1.95. The number of benzene rings is 1. The van der Waals surface area contributed by atoms with Crippen molar-refractivity contribution in [3.05, 3.63) is 40.4 Å². The first-order chi connectivity index (χ1) is 9.51. The number of carbonyl (C=O) groups excluding carboxylic acids is 1. The molecular formula is C15H18N2O2S. The Labute approximate surface area is 123 Å². The van der Waals surface area contributed by atoms with Crippen LogP contribution in [0.15, 0.2) is 23.6 Å². The standard InChI is InChI=1S/C15H18N2O2S/c1-5-19-14(18)13-9-20-15(16-13)17(4)12-7-10(2)6-11(3)8-12/h6-9H,5H2,1-4H3. The van der Waals surface area contributed by atoms with E-state index in [-0.39, 0.29) is 5.97 Å². The number of hydrogen-bond donors (Lipinski definition) is 0. The van der Waals surface area contributed by atoms with Gasteiger partial charge in [0.2, 0.25) is 0 Å². The SMILES string of the molecule is CCOC(=O)c1csc(N(C)c2cc(C)cc(C)c2)n1. The Morgan fingerprint density at radius 1 is 1.30 bits per heavy atom. The summed E-state index contributed by atoms with van der Waals surface area (Å²) in [6.07, 6.45) is 0. The number of nitrogens with zero attached hydrogens (tertiary/aromatic N) is 2. The molecule has 0 radical (unpaired) electrons. The summed E-state index contributed by atoms with van der Waals surface area (Å²) < 4.78 is 4.95. The molecule has 0 aliphatic carbocycles. The number of aromatic nitrogens is 1. The van der Waals surface area contributed by atoms with E-state index in [0.717, 1.165) is 10.8 Å². The topological polar surface area (TPSA) is 42.4 Å². The zero-order chi connectivity index (χ0) is 14.7. The third-order valence-electron chi connectivity index (χ3n) is 2.86. The van der Waals surface area contributed by atoms with E-state index in [4.69, 9.17) is 4.74 Å². The molecule has 2 rings (SSSR count). The predicted octanol–water partition coefficient (Wildman–Crippen LogP) is 3.70. The van der Waals surface area contributed by atoms with Gasteiger partial charge in [-0.3, -0.25) is 0 Å². The molecule has 1 aromatic carbocycles. The second kappa shape index (κ2) is 6.05. The largest absolute Gasteiger partial charge is 0.461 e. The highest BCUT2D eigenvalue weighted by Gasteiger charge is 2.15. The maximum absolute atomic E-state index is 11.6. The summed E-state index contributed by atoms with van der Waals surface area (Å²) in [4.78, 5) is 17.9. The van der Waals surface area contributed by atoms with Crippen LogP contribution in [0.5, 0.6) is 0 Å². The minimum Gasteiger partial charge on any atom is -0.461 e. The molecule has 20 heavy (non-hydrogen) atoms. The highest BCUT2D eigenvalue weighted by Crippen LogP contribution is 2.28. The van der Waals surface area contributed by atoms with Crippen molar-refractivity contribution in [1.29, 1.82) is 0 Å². The van der Waals surface area contributed by atoms with E-state index in [1.54, 1.807) is 12.3 Å². The summed E-state index contributed by atoms with van der Waals surface area (Å²) in [5.74, 6) is -0.371. The summed E-state index contributed by atoms with van der Waals surface area (Å²) in [5.41, 5.74) is 3.83. The van der Waals surface area contributed by atoms with Crippen LogP contribution in [-0.4, -0.2) is 24.6 Å². The Kier molecular flexibility index (Phi) is 4.39. The van der Waals surface area contributed by atoms with Crippen molar-refractivity contribution in [2.24, 2.45) is 0 Å². The summed E-state index contributed by atoms with van der Waals surface area (Å²) >= 11 is 1.43. The van der Waals surface area contributed by atoms with Gasteiger partial charge in [-0.15, -0.1) is 11.3 Å². The molecule has 0 unspecified atom stereocenters. The molecule has 106 valence electrons. The maximum Gasteiger partial charge on any atom is 0.357 e. The van der Waals surface area contributed by atoms with Crippen LogP contribution in [0.3, 0.4) is 0 Å². The fourth-order valence-electron chi connectivity index (χ4n) is 1.97. The van der Waals surface area contributed by atoms with Crippen LogP contribution in [0, 0.1) is 13.8 Å². The molecule has 1 heterocycles. The molecule has 0 saturated heterocycles. The third-order valence-corrected chi connectivity index (χ3v) is 3.77. The van der Waals surface area contributed by atoms with Gasteiger partial charge in [0.25, 0.3) is 0 Å². The van der Waals surface area contributed by atoms with E-state index in [9.17, 15) is 4.79 Å². The molecule has 0 aliphatic rings. The number of ether oxygens (including phenoxy) is 1. The molecule has 5 heteroatoms. The van der Waals surface area contributed by atoms with Gasteiger partial charge in [0, 0.05) is 18.1 Å². The number of carbonyl (C=O) groups is 1. The first-order valence-corrected chi connectivity index (χ1v) is 7.34. The lowest BCUT2D eigenvalue weighted by atomic mass is 10.1. The number of thiazole rings is 1. The lowest BCUT2D eigenvalue weighted by Crippen LogP contribution is -2.11. The van der Waals surface area contributed by atoms with Gasteiger partial charge in [0.15, 0.2) is 10.8 Å². The van der Waals surface area contributed by atoms with Gasteiger partial charge in [-0.1, -0.05) is 6.07 Å². The average Bonchev–Trinajstić information content (AvgIpc) is 2.86. The molecule has 0 aliphatic heterocycles. The molecule has 0 bridgehead atoms. The van der Waals surface area contributed by atoms with E-state index in [1.165, 1.54) is 22.5 Å². The van der Waals surface area contributed by atoms with Gasteiger partial charge in [0.1, 0.15) is 0 Å². The quantitative estimate of drug-likeness (QED) is 0.805. The third kappa shape index (κ3) is 3.17. The van der Waals surface area contributed by atoms with Gasteiger partial charge >= 0.3 is 5.97 Å². The smallest absolute Gasteiger partial charge is 0.357 e. The fourth-order valence-corrected chi connectivity index (χ4v) is 2.75. The number of hydrogen-bond acceptors (Lipinski definition) is 5. The van der Waals surface area contributed by atoms with Crippen LogP contribution in [0.1, 0.15) is 28.5 Å². The molecule has 0 saturated carbocycles. The Morgan fingerprint density at radius 3 is 2.55 bits per heavy atom. The monoisotopic (exact) mass is 290 g/mol. The van der Waals surface area contributed by atoms with E-state index in [2.05, 4.69) is 37.0 Å². The molecule has 0 fully saturated rings. The second-order valence-corrected chi connectivity index (χ2v) is 5.48. The van der Waals surface area contributed by atoms with Gasteiger partial charge < -0.3 is 9.64 Å². The lowest BCUT2D eigenvalue weighted by Gasteiger charge is -2.17. The molecule has 2 aromatic rings. The minimum atomic E-state index is -0.371. The highest BCUT2D eigenvalue weighted by atomic mass is 32.1. The zero-order valence-corrected chi connectivity index (χ0v) is 13.0. The van der Waals surface area contributed by atoms with E-state index in [1.807, 2.05) is 11.9 Å². The molecule has 4 nitrogen and oxygen atoms in total. The summed E-state index contributed by atoms with van der Waals surface area (Å²) in [6, 6.07) is 6.32. The maximum atomic E-state index is 11.6. The van der Waals surface area contributed by atoms with Crippen molar-refractivity contribution in [3.8, 4) is 0 Å². The van der Waals surface area contributed by atoms with Crippen LogP contribution in [0.2, 0.25) is 0 Å². The zero-order valence-electron chi connectivity index (χ0n) is 12.1. The van der Waals surface area contributed by atoms with Crippen LogP contribution in [0.25, 0.3) is 0 Å². The first-order valence-electron chi connectivity index (χ1n) is 6.46. The number of rotatable bonds is 4. The van der Waals surface area contributed by atoms with E-state index >= 15 is 0 Å². The molecule has 0 atom stereocenters. The molecule has 0 amide bonds. The van der Waals surface area contributed by atoms with Gasteiger partial charge in [-0.25, -0.2) is 9.78 Å². The lowest BCUT2D eigenvalue weighted by molar-refractivity contribution is 0.0520. The average molecular weight is 290 g/mol. The van der Waals surface area contributed by atoms with Gasteiger partial charge in [-0.2, -0.15) is 0 Å². The Balaban J connectivity index is 2.25. The minimum absolute atomic E-state index is 0.360. The molecular weight excluding hydrogens is 272 g/mol. The van der Waals surface area contributed by atoms with Crippen molar-refractivity contribution < 1.29 is 9.53 Å². The Hall–Kier alpha value is -1.88. The highest BCUT2D eigenvalue weighted by molar-refractivity contribution is 7.14. The van der Waals surface area contributed by atoms with Crippen molar-refractivity contribution in [2.45, 2.75) is 20.8 Å². The van der Waals surface area contributed by atoms with Crippen LogP contribution < -0.4 is 4.90 Å². The van der Waals surface area contributed by atoms with Crippen LogP contribution in [-0.2, 0) is 4.74 Å². The molecule has 1 aromatic heterocycles. The van der Waals surface area contributed by atoms with Crippen LogP contribution in [0.4, 0.5) is 10.8 Å². The van der Waals surface area contributed by atoms with Gasteiger partial charge in [0.05, 0.1) is 6.61 Å². The van der Waals surface area contributed by atoms with E-state index < -0.39 is 0 Å². The van der Waals surface area contributed by atoms with Gasteiger partial charge in [-0.05, 0) is 44.0 Å². The van der Waals surface area contributed by atoms with Crippen LogP contribution >= 0.6 is 11.3 Å². The Bertz CT molecular complexity index is 602. The second-order valence-electron chi connectivity index (χ2n) is 4.64. The number of anilines is 2. The van der Waals surface area contributed by atoms with Crippen molar-refractivity contribution in [2.75, 3.05) is 18.6 Å². The number of aryl methyl sites for hydroxylation is 2. The predicted molar refractivity (Wildman–Crippen MR) is 82.0 cm³/mol. The number of esters is 1. The fraction of sp³-hybridized carbons (Fsp3) is 0.333. The first kappa shape index (κ1) is 14.5. The van der Waals surface area contributed by atoms with Crippen molar-refractivity contribution in [3.63, 3.8) is 0 Å². The summed E-state index contributed by atoms with van der Waals surface area (Å²) in [6.45, 7) is 6.28. The summed E-state index contributed by atoms with van der Waals surface area (Å²) in [5, 5.41) is 2.50. The van der Waals surface area contributed by atoms with Crippen molar-refractivity contribution in [1.82, 2.24) is 4.98 Å². The normalized spacial score (nSPS) is 10.4. The molecule has 0 N–H and O–H groups in total. The van der Waals surface area contributed by atoms with E-state index in [0.29, 0.717) is 12.3 Å². The Morgan fingerprint density at radius 2 is 1.95 bits per heavy atom.